The Labute approximate surface area is 94.8 Å². The van der Waals surface area contributed by atoms with Crippen molar-refractivity contribution >= 4 is 5.91 Å². The number of nitrogens with one attached hydrogen (secondary N) is 1. The van der Waals surface area contributed by atoms with Gasteiger partial charge in [0.25, 0.3) is 0 Å². The van der Waals surface area contributed by atoms with Crippen molar-refractivity contribution in [3.63, 3.8) is 0 Å². The van der Waals surface area contributed by atoms with Gasteiger partial charge in [0.2, 0.25) is 5.91 Å². The monoisotopic (exact) mass is 213 g/mol. The summed E-state index contributed by atoms with van der Waals surface area (Å²) < 4.78 is 0. The number of hydrogen-bond acceptors (Lipinski definition) is 1. The lowest BCUT2D eigenvalue weighted by Crippen LogP contribution is -2.37. The molecule has 0 aliphatic heterocycles. The maximum Gasteiger partial charge on any atom is 0.217 e. The molecule has 0 bridgehead atoms. The second-order valence-corrected chi connectivity index (χ2v) is 5.23. The van der Waals surface area contributed by atoms with Gasteiger partial charge in [-0.05, 0) is 18.3 Å². The predicted octanol–water partition coefficient (Wildman–Crippen LogP) is 3.36. The van der Waals surface area contributed by atoms with E-state index < -0.39 is 0 Å². The molecule has 0 radical (unpaired) electrons. The van der Waals surface area contributed by atoms with Gasteiger partial charge in [0.1, 0.15) is 0 Å². The van der Waals surface area contributed by atoms with Crippen LogP contribution in [0.1, 0.15) is 60.3 Å². The van der Waals surface area contributed by atoms with Crippen LogP contribution in [-0.2, 0) is 4.79 Å². The van der Waals surface area contributed by atoms with Crippen molar-refractivity contribution in [2.24, 2.45) is 11.8 Å². The average Bonchev–Trinajstić information content (AvgIpc) is 2.08. The summed E-state index contributed by atoms with van der Waals surface area (Å²) in [6.45, 7) is 10.5. The SMILES string of the molecule is CC(=O)N[C@H](CCCCC(C)C)C(C)C. The van der Waals surface area contributed by atoms with Gasteiger partial charge < -0.3 is 5.32 Å². The van der Waals surface area contributed by atoms with Crippen LogP contribution in [0.15, 0.2) is 0 Å². The van der Waals surface area contributed by atoms with Gasteiger partial charge in [-0.25, -0.2) is 0 Å². The van der Waals surface area contributed by atoms with Crippen molar-refractivity contribution in [2.75, 3.05) is 0 Å². The summed E-state index contributed by atoms with van der Waals surface area (Å²) in [6, 6.07) is 0.356. The zero-order chi connectivity index (χ0) is 11.8. The second-order valence-electron chi connectivity index (χ2n) is 5.23. The average molecular weight is 213 g/mol. The first kappa shape index (κ1) is 14.5. The lowest BCUT2D eigenvalue weighted by Gasteiger charge is -2.21. The van der Waals surface area contributed by atoms with E-state index in [9.17, 15) is 4.79 Å². The third-order valence-electron chi connectivity index (χ3n) is 2.74. The quantitative estimate of drug-likeness (QED) is 0.645. The Bertz CT molecular complexity index is 175. The fourth-order valence-corrected chi connectivity index (χ4v) is 1.75. The molecule has 0 fully saturated rings. The first-order chi connectivity index (χ1) is 6.93. The Morgan fingerprint density at radius 3 is 2.00 bits per heavy atom. The third-order valence-corrected chi connectivity index (χ3v) is 2.74. The molecule has 0 rings (SSSR count). The molecule has 2 heteroatoms. The van der Waals surface area contributed by atoms with Gasteiger partial charge in [0, 0.05) is 13.0 Å². The van der Waals surface area contributed by atoms with Crippen molar-refractivity contribution in [3.8, 4) is 0 Å². The van der Waals surface area contributed by atoms with E-state index in [-0.39, 0.29) is 5.91 Å². The van der Waals surface area contributed by atoms with Crippen molar-refractivity contribution < 1.29 is 4.79 Å². The van der Waals surface area contributed by atoms with E-state index in [1.807, 2.05) is 0 Å². The molecule has 0 heterocycles. The summed E-state index contributed by atoms with van der Waals surface area (Å²) >= 11 is 0. The van der Waals surface area contributed by atoms with E-state index in [4.69, 9.17) is 0 Å². The zero-order valence-electron chi connectivity index (χ0n) is 11.0. The van der Waals surface area contributed by atoms with Crippen LogP contribution in [-0.4, -0.2) is 11.9 Å². The summed E-state index contributed by atoms with van der Waals surface area (Å²) in [7, 11) is 0. The van der Waals surface area contributed by atoms with E-state index >= 15 is 0 Å². The maximum absolute atomic E-state index is 11.0. The minimum atomic E-state index is 0.0950. The van der Waals surface area contributed by atoms with Crippen molar-refractivity contribution in [2.45, 2.75) is 66.3 Å². The Balaban J connectivity index is 3.71. The highest BCUT2D eigenvalue weighted by Gasteiger charge is 2.13. The van der Waals surface area contributed by atoms with Crippen LogP contribution in [0.25, 0.3) is 0 Å². The minimum absolute atomic E-state index is 0.0950. The zero-order valence-corrected chi connectivity index (χ0v) is 11.0. The summed E-state index contributed by atoms with van der Waals surface area (Å²) in [4.78, 5) is 11.0. The lowest BCUT2D eigenvalue weighted by molar-refractivity contribution is -0.120. The van der Waals surface area contributed by atoms with Crippen LogP contribution < -0.4 is 5.32 Å². The highest BCUT2D eigenvalue weighted by molar-refractivity contribution is 5.73. The van der Waals surface area contributed by atoms with E-state index in [1.54, 1.807) is 6.92 Å². The molecule has 15 heavy (non-hydrogen) atoms. The molecule has 90 valence electrons. The van der Waals surface area contributed by atoms with Crippen molar-refractivity contribution in [1.82, 2.24) is 5.32 Å². The van der Waals surface area contributed by atoms with Crippen LogP contribution >= 0.6 is 0 Å². The fraction of sp³-hybridized carbons (Fsp3) is 0.923. The van der Waals surface area contributed by atoms with Crippen molar-refractivity contribution in [3.05, 3.63) is 0 Å². The molecule has 0 aliphatic rings. The number of amides is 1. The molecule has 1 N–H and O–H groups in total. The normalized spacial score (nSPS) is 13.3. The summed E-state index contributed by atoms with van der Waals surface area (Å²) in [5.41, 5.74) is 0. The Morgan fingerprint density at radius 1 is 1.07 bits per heavy atom. The smallest absolute Gasteiger partial charge is 0.217 e. The first-order valence-corrected chi connectivity index (χ1v) is 6.20. The van der Waals surface area contributed by atoms with Gasteiger partial charge in [-0.1, -0.05) is 47.0 Å². The van der Waals surface area contributed by atoms with Crippen LogP contribution in [0.2, 0.25) is 0 Å². The molecule has 1 atom stereocenters. The number of carbonyl (C=O) groups is 1. The molecular formula is C13H27NO. The minimum Gasteiger partial charge on any atom is -0.353 e. The van der Waals surface area contributed by atoms with E-state index in [1.165, 1.54) is 19.3 Å². The van der Waals surface area contributed by atoms with Gasteiger partial charge in [0.15, 0.2) is 0 Å². The van der Waals surface area contributed by atoms with Crippen molar-refractivity contribution in [1.29, 1.82) is 0 Å². The topological polar surface area (TPSA) is 29.1 Å². The van der Waals surface area contributed by atoms with Gasteiger partial charge in [0.05, 0.1) is 0 Å². The predicted molar refractivity (Wildman–Crippen MR) is 65.7 cm³/mol. The summed E-state index contributed by atoms with van der Waals surface area (Å²) in [5.74, 6) is 1.42. The molecule has 0 aromatic heterocycles. The summed E-state index contributed by atoms with van der Waals surface area (Å²) in [5, 5.41) is 3.03. The molecule has 0 aromatic carbocycles. The van der Waals surface area contributed by atoms with Gasteiger partial charge in [-0.2, -0.15) is 0 Å². The highest BCUT2D eigenvalue weighted by Crippen LogP contribution is 2.13. The molecule has 0 saturated heterocycles. The van der Waals surface area contributed by atoms with Gasteiger partial charge in [-0.15, -0.1) is 0 Å². The number of rotatable bonds is 7. The van der Waals surface area contributed by atoms with Crippen LogP contribution in [0, 0.1) is 11.8 Å². The molecule has 0 aliphatic carbocycles. The molecule has 0 saturated carbocycles. The molecule has 2 nitrogen and oxygen atoms in total. The summed E-state index contributed by atoms with van der Waals surface area (Å²) in [6.07, 6.45) is 4.91. The van der Waals surface area contributed by atoms with Gasteiger partial charge in [-0.3, -0.25) is 4.79 Å². The molecular weight excluding hydrogens is 186 g/mol. The van der Waals surface area contributed by atoms with E-state index in [0.717, 1.165) is 12.3 Å². The van der Waals surface area contributed by atoms with E-state index in [2.05, 4.69) is 33.0 Å². The Morgan fingerprint density at radius 2 is 1.60 bits per heavy atom. The Hall–Kier alpha value is -0.530. The molecule has 0 unspecified atom stereocenters. The van der Waals surface area contributed by atoms with Gasteiger partial charge >= 0.3 is 0 Å². The number of carbonyl (C=O) groups excluding carboxylic acids is 1. The molecule has 0 spiro atoms. The lowest BCUT2D eigenvalue weighted by atomic mass is 9.96. The second kappa shape index (κ2) is 7.72. The first-order valence-electron chi connectivity index (χ1n) is 6.20. The Kier molecular flexibility index (Phi) is 7.45. The standard InChI is InChI=1S/C13H27NO/c1-10(2)8-6-7-9-13(11(3)4)14-12(5)15/h10-11,13H,6-9H2,1-5H3,(H,14,15)/t13-/m1/s1. The largest absolute Gasteiger partial charge is 0.353 e. The van der Waals surface area contributed by atoms with Crippen LogP contribution in [0.5, 0.6) is 0 Å². The maximum atomic E-state index is 11.0. The molecule has 0 aromatic rings. The number of hydrogen-bond donors (Lipinski definition) is 1. The highest BCUT2D eigenvalue weighted by atomic mass is 16.1. The molecule has 1 amide bonds. The third kappa shape index (κ3) is 8.46. The number of unbranched alkanes of at least 4 members (excludes halogenated alkanes) is 1. The fourth-order valence-electron chi connectivity index (χ4n) is 1.75. The van der Waals surface area contributed by atoms with E-state index in [0.29, 0.717) is 12.0 Å². The van der Waals surface area contributed by atoms with Crippen LogP contribution in [0.4, 0.5) is 0 Å². The van der Waals surface area contributed by atoms with Crippen LogP contribution in [0.3, 0.4) is 0 Å².